The number of amides is 1. The summed E-state index contributed by atoms with van der Waals surface area (Å²) in [5.74, 6) is -0.0841. The maximum atomic E-state index is 12.2. The highest BCUT2D eigenvalue weighted by molar-refractivity contribution is 5.90. The number of anilines is 1. The van der Waals surface area contributed by atoms with Crippen LogP contribution in [0.4, 0.5) is 18.9 Å². The maximum absolute atomic E-state index is 12.2. The monoisotopic (exact) mass is 326 g/mol. The number of carbonyl (C=O) groups excluding carboxylic acids is 1. The second-order valence-corrected chi connectivity index (χ2v) is 5.15. The molecule has 1 saturated carbocycles. The summed E-state index contributed by atoms with van der Waals surface area (Å²) in [5, 5.41) is 6.11. The zero-order chi connectivity index (χ0) is 14.8. The smallest absolute Gasteiger partial charge is 0.327 e. The minimum atomic E-state index is -4.33. The van der Waals surface area contributed by atoms with Gasteiger partial charge in [0.1, 0.15) is 6.54 Å². The van der Waals surface area contributed by atoms with Crippen molar-refractivity contribution in [2.45, 2.75) is 44.4 Å². The minimum Gasteiger partial charge on any atom is -0.327 e. The van der Waals surface area contributed by atoms with Gasteiger partial charge in [-0.05, 0) is 18.8 Å². The first-order valence-corrected chi connectivity index (χ1v) is 6.48. The topological polar surface area (TPSA) is 72.9 Å². The van der Waals surface area contributed by atoms with Crippen LogP contribution in [0.25, 0.3) is 0 Å². The molecular formula is C12H18ClF3N4O. The predicted octanol–water partition coefficient (Wildman–Crippen LogP) is 2.32. The molecule has 0 radical (unpaired) electrons. The molecule has 0 spiro atoms. The molecule has 1 aliphatic rings. The fourth-order valence-corrected chi connectivity index (χ4v) is 2.47. The first-order chi connectivity index (χ1) is 9.33. The molecule has 0 saturated heterocycles. The van der Waals surface area contributed by atoms with E-state index in [1.807, 2.05) is 0 Å². The molecule has 0 aromatic carbocycles. The van der Waals surface area contributed by atoms with Gasteiger partial charge in [-0.15, -0.1) is 12.4 Å². The molecule has 5 nitrogen and oxygen atoms in total. The van der Waals surface area contributed by atoms with E-state index in [0.717, 1.165) is 23.9 Å². The maximum Gasteiger partial charge on any atom is 0.408 e. The molecule has 1 fully saturated rings. The Labute approximate surface area is 126 Å². The van der Waals surface area contributed by atoms with Crippen molar-refractivity contribution < 1.29 is 18.0 Å². The highest BCUT2D eigenvalue weighted by Crippen LogP contribution is 2.27. The Morgan fingerprint density at radius 1 is 1.48 bits per heavy atom. The van der Waals surface area contributed by atoms with Gasteiger partial charge in [0.2, 0.25) is 5.91 Å². The van der Waals surface area contributed by atoms with Crippen LogP contribution in [-0.2, 0) is 11.3 Å². The van der Waals surface area contributed by atoms with Crippen LogP contribution in [0.5, 0.6) is 0 Å². The largest absolute Gasteiger partial charge is 0.408 e. The lowest BCUT2D eigenvalue weighted by atomic mass is 10.00. The molecule has 120 valence electrons. The third kappa shape index (κ3) is 5.55. The van der Waals surface area contributed by atoms with Crippen LogP contribution < -0.4 is 11.1 Å². The van der Waals surface area contributed by atoms with Crippen molar-refractivity contribution in [2.24, 2.45) is 11.7 Å². The van der Waals surface area contributed by atoms with Gasteiger partial charge >= 0.3 is 6.18 Å². The van der Waals surface area contributed by atoms with E-state index in [0.29, 0.717) is 6.42 Å². The van der Waals surface area contributed by atoms with Crippen molar-refractivity contribution in [1.82, 2.24) is 9.78 Å². The Hall–Kier alpha value is -1.28. The van der Waals surface area contributed by atoms with Crippen LogP contribution in [0.1, 0.15) is 25.7 Å². The summed E-state index contributed by atoms with van der Waals surface area (Å²) in [5.41, 5.74) is 6.14. The van der Waals surface area contributed by atoms with Gasteiger partial charge in [0.05, 0.1) is 11.9 Å². The lowest BCUT2D eigenvalue weighted by Gasteiger charge is -2.14. The van der Waals surface area contributed by atoms with Crippen LogP contribution in [0.3, 0.4) is 0 Å². The lowest BCUT2D eigenvalue weighted by molar-refractivity contribution is -0.142. The molecule has 1 aromatic rings. The summed E-state index contributed by atoms with van der Waals surface area (Å²) in [6, 6.07) is 0.0358. The first-order valence-electron chi connectivity index (χ1n) is 6.48. The predicted molar refractivity (Wildman–Crippen MR) is 74.1 cm³/mol. The zero-order valence-corrected chi connectivity index (χ0v) is 12.1. The van der Waals surface area contributed by atoms with E-state index in [1.54, 1.807) is 0 Å². The number of carbonyl (C=O) groups is 1. The second kappa shape index (κ2) is 7.13. The zero-order valence-electron chi connectivity index (χ0n) is 11.3. The first kappa shape index (κ1) is 17.8. The fraction of sp³-hybridized carbons (Fsp3) is 0.667. The molecule has 1 heterocycles. The Morgan fingerprint density at radius 3 is 2.76 bits per heavy atom. The third-order valence-corrected chi connectivity index (χ3v) is 3.42. The van der Waals surface area contributed by atoms with Crippen molar-refractivity contribution in [1.29, 1.82) is 0 Å². The van der Waals surface area contributed by atoms with E-state index in [4.69, 9.17) is 5.73 Å². The average molecular weight is 327 g/mol. The number of aromatic nitrogens is 2. The molecule has 1 aromatic heterocycles. The van der Waals surface area contributed by atoms with E-state index in [1.165, 1.54) is 12.4 Å². The summed E-state index contributed by atoms with van der Waals surface area (Å²) >= 11 is 0. The molecule has 2 rings (SSSR count). The molecule has 0 aliphatic heterocycles. The van der Waals surface area contributed by atoms with E-state index in [-0.39, 0.29) is 36.0 Å². The fourth-order valence-electron chi connectivity index (χ4n) is 2.47. The quantitative estimate of drug-likeness (QED) is 0.892. The highest BCUT2D eigenvalue weighted by atomic mass is 35.5. The number of nitrogens with zero attached hydrogens (tertiary/aromatic N) is 2. The molecule has 1 aliphatic carbocycles. The number of nitrogens with two attached hydrogens (primary N) is 1. The average Bonchev–Trinajstić information content (AvgIpc) is 2.87. The number of hydrogen-bond donors (Lipinski definition) is 2. The van der Waals surface area contributed by atoms with Crippen LogP contribution in [0.2, 0.25) is 0 Å². The van der Waals surface area contributed by atoms with Gasteiger partial charge in [-0.3, -0.25) is 9.48 Å². The molecule has 3 N–H and O–H groups in total. The van der Waals surface area contributed by atoms with Gasteiger partial charge in [-0.1, -0.05) is 6.42 Å². The van der Waals surface area contributed by atoms with Crippen molar-refractivity contribution in [2.75, 3.05) is 5.32 Å². The summed E-state index contributed by atoms with van der Waals surface area (Å²) in [7, 11) is 0. The van der Waals surface area contributed by atoms with E-state index < -0.39 is 12.7 Å². The Bertz CT molecular complexity index is 477. The number of hydrogen-bond acceptors (Lipinski definition) is 3. The number of alkyl halides is 3. The summed E-state index contributed by atoms with van der Waals surface area (Å²) < 4.78 is 37.2. The SMILES string of the molecule is Cl.N[C@@H]1CCC[C@H]1CC(=O)Nc1cnn(CC(F)(F)F)c1. The summed E-state index contributed by atoms with van der Waals surface area (Å²) in [6.45, 7) is -1.17. The lowest BCUT2D eigenvalue weighted by Crippen LogP contribution is -2.28. The van der Waals surface area contributed by atoms with Crippen LogP contribution >= 0.6 is 12.4 Å². The number of halogens is 4. The molecule has 21 heavy (non-hydrogen) atoms. The molecule has 0 unspecified atom stereocenters. The van der Waals surface area contributed by atoms with Gasteiger partial charge in [-0.2, -0.15) is 18.3 Å². The second-order valence-electron chi connectivity index (χ2n) is 5.15. The van der Waals surface area contributed by atoms with Crippen molar-refractivity contribution >= 4 is 24.0 Å². The van der Waals surface area contributed by atoms with E-state index >= 15 is 0 Å². The van der Waals surface area contributed by atoms with Gasteiger partial charge in [0, 0.05) is 18.7 Å². The normalized spacial score (nSPS) is 21.9. The van der Waals surface area contributed by atoms with Gasteiger partial charge in [0.15, 0.2) is 0 Å². The molecular weight excluding hydrogens is 309 g/mol. The third-order valence-electron chi connectivity index (χ3n) is 3.42. The molecule has 1 amide bonds. The van der Waals surface area contributed by atoms with Gasteiger partial charge in [0.25, 0.3) is 0 Å². The molecule has 0 bridgehead atoms. The summed E-state index contributed by atoms with van der Waals surface area (Å²) in [4.78, 5) is 11.8. The minimum absolute atomic E-state index is 0. The Kier molecular flexibility index (Phi) is 6.03. The van der Waals surface area contributed by atoms with Crippen LogP contribution in [0, 0.1) is 5.92 Å². The van der Waals surface area contributed by atoms with Gasteiger partial charge in [-0.25, -0.2) is 0 Å². The van der Waals surface area contributed by atoms with Crippen LogP contribution in [0.15, 0.2) is 12.4 Å². The summed E-state index contributed by atoms with van der Waals surface area (Å²) in [6.07, 6.45) is 1.19. The van der Waals surface area contributed by atoms with Gasteiger partial charge < -0.3 is 11.1 Å². The molecule has 9 heteroatoms. The number of nitrogens with one attached hydrogen (secondary N) is 1. The number of rotatable bonds is 4. The van der Waals surface area contributed by atoms with Crippen molar-refractivity contribution in [3.05, 3.63) is 12.4 Å². The van der Waals surface area contributed by atoms with Crippen LogP contribution in [-0.4, -0.2) is 27.9 Å². The Balaban J connectivity index is 0.00000220. The highest BCUT2D eigenvalue weighted by Gasteiger charge is 2.29. The van der Waals surface area contributed by atoms with Crippen molar-refractivity contribution in [3.63, 3.8) is 0 Å². The Morgan fingerprint density at radius 2 is 2.19 bits per heavy atom. The van der Waals surface area contributed by atoms with Crippen molar-refractivity contribution in [3.8, 4) is 0 Å². The molecule has 2 atom stereocenters. The van der Waals surface area contributed by atoms with E-state index in [9.17, 15) is 18.0 Å². The van der Waals surface area contributed by atoms with E-state index in [2.05, 4.69) is 10.4 Å². The standard InChI is InChI=1S/C12H17F3N4O.ClH/c13-12(14,15)7-19-6-9(5-17-19)18-11(20)4-8-2-1-3-10(8)16;/h5-6,8,10H,1-4,7,16H2,(H,18,20);1H/t8-,10+;/m0./s1.